The number of carbonyl (C=O) groups excluding carboxylic acids is 3. The van der Waals surface area contributed by atoms with Gasteiger partial charge in [0.2, 0.25) is 5.91 Å². The highest BCUT2D eigenvalue weighted by atomic mass is 16.2. The molecule has 0 saturated heterocycles. The maximum atomic E-state index is 11.2. The minimum atomic E-state index is -0.717. The summed E-state index contributed by atoms with van der Waals surface area (Å²) in [5, 5.41) is 2.39. The highest BCUT2D eigenvalue weighted by molar-refractivity contribution is 5.85. The molecule has 0 unspecified atom stereocenters. The number of carbonyl (C=O) groups is 3. The molecule has 12 heavy (non-hydrogen) atoms. The Balaban J connectivity index is 4.04. The molecule has 1 amide bonds. The number of nitrogens with one attached hydrogen (secondary N) is 1. The number of hydrogen-bond donors (Lipinski definition) is 1. The molecule has 0 heterocycles. The number of amides is 1. The molecule has 0 aliphatic rings. The molecular weight excluding hydrogens is 158 g/mol. The Morgan fingerprint density at radius 3 is 2.33 bits per heavy atom. The zero-order valence-corrected chi connectivity index (χ0v) is 7.29. The second kappa shape index (κ2) is 4.64. The van der Waals surface area contributed by atoms with E-state index in [-0.39, 0.29) is 18.9 Å². The van der Waals surface area contributed by atoms with Crippen molar-refractivity contribution in [1.29, 1.82) is 0 Å². The molecule has 0 aromatic rings. The van der Waals surface area contributed by atoms with E-state index in [2.05, 4.69) is 5.32 Å². The molecule has 0 fully saturated rings. The van der Waals surface area contributed by atoms with Crippen molar-refractivity contribution in [3.05, 3.63) is 0 Å². The zero-order chi connectivity index (χ0) is 9.61. The van der Waals surface area contributed by atoms with Crippen molar-refractivity contribution < 1.29 is 14.4 Å². The van der Waals surface area contributed by atoms with Crippen LogP contribution in [0.25, 0.3) is 0 Å². The van der Waals surface area contributed by atoms with Crippen LogP contribution in [-0.2, 0) is 14.4 Å². The molecule has 0 aromatic heterocycles. The molecule has 0 radical (unpaired) electrons. The van der Waals surface area contributed by atoms with Crippen LogP contribution in [0, 0.1) is 5.41 Å². The van der Waals surface area contributed by atoms with Gasteiger partial charge in [-0.05, 0) is 0 Å². The van der Waals surface area contributed by atoms with E-state index in [1.807, 2.05) is 0 Å². The zero-order valence-electron chi connectivity index (χ0n) is 7.29. The average Bonchev–Trinajstić information content (AvgIpc) is 2.00. The van der Waals surface area contributed by atoms with E-state index in [9.17, 15) is 14.4 Å². The van der Waals surface area contributed by atoms with Gasteiger partial charge in [-0.3, -0.25) is 4.79 Å². The third-order valence-electron chi connectivity index (χ3n) is 1.55. The molecule has 0 rings (SSSR count). The Hall–Kier alpha value is -1.19. The predicted molar refractivity (Wildman–Crippen MR) is 43.5 cm³/mol. The molecule has 68 valence electrons. The van der Waals surface area contributed by atoms with Crippen molar-refractivity contribution in [2.45, 2.75) is 20.3 Å². The van der Waals surface area contributed by atoms with Gasteiger partial charge in [-0.2, -0.15) is 0 Å². The normalized spacial score (nSPS) is 10.5. The van der Waals surface area contributed by atoms with E-state index in [1.165, 1.54) is 0 Å². The van der Waals surface area contributed by atoms with Crippen LogP contribution >= 0.6 is 0 Å². The molecule has 4 heteroatoms. The highest BCUT2D eigenvalue weighted by Crippen LogP contribution is 2.18. The first-order valence-electron chi connectivity index (χ1n) is 3.70. The summed E-state index contributed by atoms with van der Waals surface area (Å²) in [5.74, 6) is -0.276. The predicted octanol–water partition coefficient (Wildman–Crippen LogP) is -0.0833. The van der Waals surface area contributed by atoms with Crippen LogP contribution in [0.3, 0.4) is 0 Å². The van der Waals surface area contributed by atoms with Gasteiger partial charge < -0.3 is 14.9 Å². The first-order chi connectivity index (χ1) is 5.54. The summed E-state index contributed by atoms with van der Waals surface area (Å²) in [7, 11) is 0. The van der Waals surface area contributed by atoms with Crippen LogP contribution in [-0.4, -0.2) is 25.0 Å². The monoisotopic (exact) mass is 171 g/mol. The Morgan fingerprint density at radius 1 is 1.33 bits per heavy atom. The van der Waals surface area contributed by atoms with E-state index in [0.717, 1.165) is 0 Å². The number of rotatable bonds is 5. The molecule has 0 atom stereocenters. The fourth-order valence-corrected chi connectivity index (χ4v) is 0.675. The first kappa shape index (κ1) is 10.8. The van der Waals surface area contributed by atoms with Gasteiger partial charge in [0.25, 0.3) is 0 Å². The lowest BCUT2D eigenvalue weighted by atomic mass is 9.89. The summed E-state index contributed by atoms with van der Waals surface area (Å²) in [4.78, 5) is 31.2. The van der Waals surface area contributed by atoms with E-state index < -0.39 is 5.41 Å². The van der Waals surface area contributed by atoms with Crippen LogP contribution in [0.2, 0.25) is 0 Å². The van der Waals surface area contributed by atoms with Crippen molar-refractivity contribution >= 4 is 18.5 Å². The van der Waals surface area contributed by atoms with Crippen LogP contribution in [0.5, 0.6) is 0 Å². The van der Waals surface area contributed by atoms with E-state index >= 15 is 0 Å². The van der Waals surface area contributed by atoms with Crippen molar-refractivity contribution in [3.63, 3.8) is 0 Å². The Bertz CT molecular complexity index is 187. The van der Waals surface area contributed by atoms with Crippen molar-refractivity contribution in [2.75, 3.05) is 6.54 Å². The topological polar surface area (TPSA) is 63.2 Å². The SMILES string of the molecule is CC(C)(CC=O)C(=O)NCC=O. The summed E-state index contributed by atoms with van der Waals surface area (Å²) in [6, 6.07) is 0. The quantitative estimate of drug-likeness (QED) is 0.588. The standard InChI is InChI=1S/C8H13NO3/c1-8(2,3-5-10)7(12)9-4-6-11/h5-6H,3-4H2,1-2H3,(H,9,12). The van der Waals surface area contributed by atoms with Gasteiger partial charge in [0.1, 0.15) is 12.6 Å². The van der Waals surface area contributed by atoms with Gasteiger partial charge in [-0.25, -0.2) is 0 Å². The number of hydrogen-bond acceptors (Lipinski definition) is 3. The molecule has 0 aliphatic carbocycles. The van der Waals surface area contributed by atoms with Gasteiger partial charge in [-0.1, -0.05) is 13.8 Å². The third-order valence-corrected chi connectivity index (χ3v) is 1.55. The molecule has 0 aromatic carbocycles. The first-order valence-corrected chi connectivity index (χ1v) is 3.70. The minimum absolute atomic E-state index is 0.00111. The van der Waals surface area contributed by atoms with E-state index in [4.69, 9.17) is 0 Å². The van der Waals surface area contributed by atoms with Gasteiger partial charge in [0.05, 0.1) is 12.0 Å². The summed E-state index contributed by atoms with van der Waals surface area (Å²) >= 11 is 0. The van der Waals surface area contributed by atoms with Gasteiger partial charge in [0.15, 0.2) is 0 Å². The second-order valence-corrected chi connectivity index (χ2v) is 3.13. The summed E-state index contributed by atoms with van der Waals surface area (Å²) in [5.41, 5.74) is -0.717. The van der Waals surface area contributed by atoms with Crippen LogP contribution in [0.4, 0.5) is 0 Å². The highest BCUT2D eigenvalue weighted by Gasteiger charge is 2.26. The Morgan fingerprint density at radius 2 is 1.92 bits per heavy atom. The van der Waals surface area contributed by atoms with Crippen molar-refractivity contribution in [1.82, 2.24) is 5.32 Å². The average molecular weight is 171 g/mol. The molecule has 4 nitrogen and oxygen atoms in total. The molecule has 0 aliphatic heterocycles. The van der Waals surface area contributed by atoms with Gasteiger partial charge in [-0.15, -0.1) is 0 Å². The lowest BCUT2D eigenvalue weighted by molar-refractivity contribution is -0.132. The lowest BCUT2D eigenvalue weighted by Crippen LogP contribution is -2.38. The van der Waals surface area contributed by atoms with Crippen molar-refractivity contribution in [3.8, 4) is 0 Å². The molecule has 0 spiro atoms. The Kier molecular flexibility index (Phi) is 4.18. The van der Waals surface area contributed by atoms with Crippen LogP contribution < -0.4 is 5.32 Å². The van der Waals surface area contributed by atoms with Gasteiger partial charge in [0, 0.05) is 6.42 Å². The maximum absolute atomic E-state index is 11.2. The number of aldehydes is 2. The summed E-state index contributed by atoms with van der Waals surface area (Å²) in [6.07, 6.45) is 1.47. The largest absolute Gasteiger partial charge is 0.349 e. The van der Waals surface area contributed by atoms with E-state index in [1.54, 1.807) is 13.8 Å². The molecule has 0 saturated carbocycles. The van der Waals surface area contributed by atoms with Crippen molar-refractivity contribution in [2.24, 2.45) is 5.41 Å². The van der Waals surface area contributed by atoms with Crippen LogP contribution in [0.1, 0.15) is 20.3 Å². The Labute approximate surface area is 71.3 Å². The molecule has 0 bridgehead atoms. The third kappa shape index (κ3) is 3.27. The smallest absolute Gasteiger partial charge is 0.226 e. The lowest BCUT2D eigenvalue weighted by Gasteiger charge is -2.19. The molecular formula is C8H13NO3. The molecule has 1 N–H and O–H groups in total. The fourth-order valence-electron chi connectivity index (χ4n) is 0.675. The second-order valence-electron chi connectivity index (χ2n) is 3.13. The maximum Gasteiger partial charge on any atom is 0.226 e. The minimum Gasteiger partial charge on any atom is -0.349 e. The fraction of sp³-hybridized carbons (Fsp3) is 0.625. The van der Waals surface area contributed by atoms with E-state index in [0.29, 0.717) is 12.6 Å². The van der Waals surface area contributed by atoms with Crippen LogP contribution in [0.15, 0.2) is 0 Å². The summed E-state index contributed by atoms with van der Waals surface area (Å²) < 4.78 is 0. The van der Waals surface area contributed by atoms with Gasteiger partial charge >= 0.3 is 0 Å². The summed E-state index contributed by atoms with van der Waals surface area (Å²) in [6.45, 7) is 3.31.